The zero-order valence-electron chi connectivity index (χ0n) is 12.0. The molecule has 9 heteroatoms. The predicted octanol–water partition coefficient (Wildman–Crippen LogP) is 0.651. The van der Waals surface area contributed by atoms with Gasteiger partial charge in [-0.1, -0.05) is 5.16 Å². The van der Waals surface area contributed by atoms with E-state index in [2.05, 4.69) is 5.16 Å². The largest absolute Gasteiger partial charge is 0.452 e. The Balaban J connectivity index is 2.34. The minimum absolute atomic E-state index is 0.0677. The second-order valence-corrected chi connectivity index (χ2v) is 5.27. The highest BCUT2D eigenvalue weighted by molar-refractivity contribution is 7.99. The van der Waals surface area contributed by atoms with E-state index < -0.39 is 24.0 Å². The Hall–Kier alpha value is -2.03. The number of aromatic nitrogens is 1. The molecule has 1 heterocycles. The molecule has 0 radical (unpaired) electrons. The number of aryl methyl sites for hydroxylation is 2. The molecule has 3 N–H and O–H groups in total. The fraction of sp³-hybridized carbons (Fsp3) is 0.500. The number of nitrogens with zero attached hydrogens (tertiary/aromatic N) is 1. The average Bonchev–Trinajstić information content (AvgIpc) is 2.69. The van der Waals surface area contributed by atoms with Crippen LogP contribution >= 0.6 is 11.8 Å². The summed E-state index contributed by atoms with van der Waals surface area (Å²) in [5, 5.41) is 5.65. The third-order valence-corrected chi connectivity index (χ3v) is 3.50. The second-order valence-electron chi connectivity index (χ2n) is 4.28. The number of hydrogen-bond donors (Lipinski definition) is 2. The van der Waals surface area contributed by atoms with Gasteiger partial charge in [-0.3, -0.25) is 14.9 Å². The molecule has 0 bridgehead atoms. The quantitative estimate of drug-likeness (QED) is 0.738. The lowest BCUT2D eigenvalue weighted by atomic mass is 10.2. The summed E-state index contributed by atoms with van der Waals surface area (Å²) in [7, 11) is 0. The lowest BCUT2D eigenvalue weighted by molar-refractivity contribution is -0.151. The number of carbonyl (C=O) groups excluding carboxylic acids is 3. The molecule has 8 nitrogen and oxygen atoms in total. The number of nitrogens with one attached hydrogen (secondary N) is 1. The summed E-state index contributed by atoms with van der Waals surface area (Å²) >= 11 is 1.32. The summed E-state index contributed by atoms with van der Waals surface area (Å²) in [5.41, 5.74) is 6.51. The smallest absolute Gasteiger partial charge is 0.318 e. The van der Waals surface area contributed by atoms with Crippen LogP contribution in [-0.2, 0) is 20.1 Å². The molecule has 21 heavy (non-hydrogen) atoms. The van der Waals surface area contributed by atoms with Crippen molar-refractivity contribution in [3.05, 3.63) is 17.0 Å². The van der Waals surface area contributed by atoms with Gasteiger partial charge in [-0.15, -0.1) is 11.8 Å². The highest BCUT2D eigenvalue weighted by Crippen LogP contribution is 2.19. The van der Waals surface area contributed by atoms with Crippen molar-refractivity contribution < 1.29 is 23.6 Å². The Labute approximate surface area is 125 Å². The van der Waals surface area contributed by atoms with E-state index in [1.165, 1.54) is 18.7 Å². The van der Waals surface area contributed by atoms with Gasteiger partial charge in [0.15, 0.2) is 6.10 Å². The first-order valence-electron chi connectivity index (χ1n) is 6.10. The first-order chi connectivity index (χ1) is 9.81. The van der Waals surface area contributed by atoms with E-state index in [1.807, 2.05) is 12.2 Å². The van der Waals surface area contributed by atoms with Crippen LogP contribution in [0.25, 0.3) is 0 Å². The zero-order valence-corrected chi connectivity index (χ0v) is 12.8. The van der Waals surface area contributed by atoms with Crippen molar-refractivity contribution in [2.75, 3.05) is 5.75 Å². The number of imide groups is 1. The summed E-state index contributed by atoms with van der Waals surface area (Å²) in [5.74, 6) is 0.0177. The topological polar surface area (TPSA) is 125 Å². The van der Waals surface area contributed by atoms with Gasteiger partial charge >= 0.3 is 12.0 Å². The maximum absolute atomic E-state index is 11.6. The number of nitrogens with two attached hydrogens (primary N) is 1. The molecule has 0 aliphatic rings. The summed E-state index contributed by atoms with van der Waals surface area (Å²) in [6, 6.07) is -0.990. The first-order valence-corrected chi connectivity index (χ1v) is 7.26. The molecule has 1 aromatic heterocycles. The van der Waals surface area contributed by atoms with E-state index >= 15 is 0 Å². The molecule has 0 unspecified atom stereocenters. The number of urea groups is 1. The van der Waals surface area contributed by atoms with Gasteiger partial charge in [0.05, 0.1) is 11.4 Å². The number of rotatable bonds is 6. The lowest BCUT2D eigenvalue weighted by Gasteiger charge is -2.11. The second kappa shape index (κ2) is 7.67. The summed E-state index contributed by atoms with van der Waals surface area (Å²) in [4.78, 5) is 33.4. The molecule has 3 amide bonds. The Morgan fingerprint density at radius 2 is 2.10 bits per heavy atom. The van der Waals surface area contributed by atoms with E-state index in [0.29, 0.717) is 11.5 Å². The monoisotopic (exact) mass is 315 g/mol. The minimum Gasteiger partial charge on any atom is -0.452 e. The van der Waals surface area contributed by atoms with Crippen molar-refractivity contribution in [3.63, 3.8) is 0 Å². The van der Waals surface area contributed by atoms with E-state index in [0.717, 1.165) is 11.3 Å². The van der Waals surface area contributed by atoms with Crippen molar-refractivity contribution in [2.24, 2.45) is 5.73 Å². The van der Waals surface area contributed by atoms with Crippen molar-refractivity contribution in [1.29, 1.82) is 0 Å². The number of hydrogen-bond acceptors (Lipinski definition) is 7. The van der Waals surface area contributed by atoms with Gasteiger partial charge in [-0.25, -0.2) is 4.79 Å². The number of amides is 3. The van der Waals surface area contributed by atoms with Gasteiger partial charge in [0.25, 0.3) is 5.91 Å². The van der Waals surface area contributed by atoms with Crippen molar-refractivity contribution >= 4 is 29.7 Å². The maximum atomic E-state index is 11.6. The third-order valence-electron chi connectivity index (χ3n) is 2.57. The first kappa shape index (κ1) is 17.0. The number of ether oxygens (including phenoxy) is 1. The molecule has 1 aromatic rings. The van der Waals surface area contributed by atoms with Crippen LogP contribution in [0.2, 0.25) is 0 Å². The van der Waals surface area contributed by atoms with Crippen LogP contribution in [-0.4, -0.2) is 34.9 Å². The highest BCUT2D eigenvalue weighted by atomic mass is 32.2. The van der Waals surface area contributed by atoms with Gasteiger partial charge < -0.3 is 15.0 Å². The molecule has 1 rings (SSSR count). The third kappa shape index (κ3) is 5.46. The SMILES string of the molecule is Cc1noc(C)c1CSCC(=O)O[C@H](C)C(=O)NC(N)=O. The average molecular weight is 315 g/mol. The normalized spacial score (nSPS) is 11.8. The maximum Gasteiger partial charge on any atom is 0.318 e. The molecule has 0 spiro atoms. The number of thioether (sulfide) groups is 1. The van der Waals surface area contributed by atoms with Gasteiger partial charge in [0, 0.05) is 11.3 Å². The van der Waals surface area contributed by atoms with Crippen LogP contribution < -0.4 is 11.1 Å². The van der Waals surface area contributed by atoms with E-state index in [4.69, 9.17) is 15.0 Å². The van der Waals surface area contributed by atoms with Crippen molar-refractivity contribution in [2.45, 2.75) is 32.6 Å². The molecule has 1 atom stereocenters. The fourth-order valence-electron chi connectivity index (χ4n) is 1.45. The van der Waals surface area contributed by atoms with E-state index in [-0.39, 0.29) is 5.75 Å². The Kier molecular flexibility index (Phi) is 6.22. The van der Waals surface area contributed by atoms with Gasteiger partial charge in [-0.2, -0.15) is 0 Å². The molecule has 0 aromatic carbocycles. The number of carbonyl (C=O) groups is 3. The van der Waals surface area contributed by atoms with Crippen LogP contribution in [0, 0.1) is 13.8 Å². The van der Waals surface area contributed by atoms with Crippen LogP contribution in [0.3, 0.4) is 0 Å². The molecular weight excluding hydrogens is 298 g/mol. The molecule has 0 aliphatic carbocycles. The Bertz CT molecular complexity index is 523. The highest BCUT2D eigenvalue weighted by Gasteiger charge is 2.19. The van der Waals surface area contributed by atoms with Gasteiger partial charge in [0.1, 0.15) is 5.76 Å². The van der Waals surface area contributed by atoms with E-state index in [1.54, 1.807) is 6.92 Å². The predicted molar refractivity (Wildman–Crippen MR) is 75.4 cm³/mol. The molecule has 0 aliphatic heterocycles. The van der Waals surface area contributed by atoms with Crippen LogP contribution in [0.15, 0.2) is 4.52 Å². The summed E-state index contributed by atoms with van der Waals surface area (Å²) in [6.07, 6.45) is -1.08. The van der Waals surface area contributed by atoms with Crippen LogP contribution in [0.5, 0.6) is 0 Å². The van der Waals surface area contributed by atoms with Crippen molar-refractivity contribution in [1.82, 2.24) is 10.5 Å². The van der Waals surface area contributed by atoms with Crippen molar-refractivity contribution in [3.8, 4) is 0 Å². The molecular formula is C12H17N3O5S. The fourth-order valence-corrected chi connectivity index (χ4v) is 2.41. The minimum atomic E-state index is -1.08. The Morgan fingerprint density at radius 1 is 1.43 bits per heavy atom. The molecule has 0 saturated heterocycles. The standard InChI is InChI=1S/C12H17N3O5S/c1-6-9(7(2)20-15-6)4-21-5-10(16)19-8(3)11(17)14-12(13)18/h8H,4-5H2,1-3H3,(H3,13,14,17,18)/t8-/m1/s1. The Morgan fingerprint density at radius 3 is 2.62 bits per heavy atom. The summed E-state index contributed by atoms with van der Waals surface area (Å²) in [6.45, 7) is 4.97. The van der Waals surface area contributed by atoms with Gasteiger partial charge in [-0.05, 0) is 20.8 Å². The lowest BCUT2D eigenvalue weighted by Crippen LogP contribution is -2.42. The number of esters is 1. The van der Waals surface area contributed by atoms with E-state index in [9.17, 15) is 14.4 Å². The van der Waals surface area contributed by atoms with Gasteiger partial charge in [0.2, 0.25) is 0 Å². The molecule has 0 saturated carbocycles. The molecule has 0 fully saturated rings. The number of primary amides is 1. The van der Waals surface area contributed by atoms with Crippen LogP contribution in [0.1, 0.15) is 23.9 Å². The van der Waals surface area contributed by atoms with Crippen LogP contribution in [0.4, 0.5) is 4.79 Å². The zero-order chi connectivity index (χ0) is 16.0. The molecule has 116 valence electrons. The summed E-state index contributed by atoms with van der Waals surface area (Å²) < 4.78 is 9.88.